The number of rotatable bonds is 5. The third-order valence-corrected chi connectivity index (χ3v) is 4.34. The van der Waals surface area contributed by atoms with Gasteiger partial charge < -0.3 is 10.3 Å². The zero-order valence-corrected chi connectivity index (χ0v) is 12.7. The minimum Gasteiger partial charge on any atom is -0.355 e. The number of piperidine rings is 1. The van der Waals surface area contributed by atoms with Gasteiger partial charge in [0.1, 0.15) is 0 Å². The molecule has 9 heteroatoms. The maximum Gasteiger partial charge on any atom is 0.401 e. The van der Waals surface area contributed by atoms with Gasteiger partial charge in [-0.05, 0) is 25.9 Å². The smallest absolute Gasteiger partial charge is 0.355 e. The van der Waals surface area contributed by atoms with Gasteiger partial charge in [-0.15, -0.1) is 0 Å². The van der Waals surface area contributed by atoms with Gasteiger partial charge in [0.2, 0.25) is 5.91 Å². The zero-order valence-electron chi connectivity index (χ0n) is 11.9. The van der Waals surface area contributed by atoms with E-state index in [-0.39, 0.29) is 29.8 Å². The Morgan fingerprint density at radius 2 is 2.09 bits per heavy atom. The van der Waals surface area contributed by atoms with Crippen LogP contribution in [-0.4, -0.2) is 48.1 Å². The molecule has 1 fully saturated rings. The molecule has 0 aliphatic carbocycles. The van der Waals surface area contributed by atoms with E-state index in [0.29, 0.717) is 25.8 Å². The monoisotopic (exact) mass is 337 g/mol. The molecule has 124 valence electrons. The first-order valence-corrected chi connectivity index (χ1v) is 7.95. The molecule has 1 aromatic heterocycles. The molecular formula is C13H18F3N3O2S. The Hall–Kier alpha value is -1.35. The predicted molar refractivity (Wildman–Crippen MR) is 76.9 cm³/mol. The van der Waals surface area contributed by atoms with E-state index in [9.17, 15) is 22.8 Å². The number of aromatic nitrogens is 1. The van der Waals surface area contributed by atoms with Crippen LogP contribution in [0.5, 0.6) is 0 Å². The van der Waals surface area contributed by atoms with Crippen LogP contribution in [0.4, 0.5) is 13.2 Å². The molecule has 0 aromatic carbocycles. The number of hydrogen-bond acceptors (Lipinski definition) is 4. The fourth-order valence-electron chi connectivity index (χ4n) is 2.51. The van der Waals surface area contributed by atoms with Gasteiger partial charge in [-0.2, -0.15) is 13.2 Å². The lowest BCUT2D eigenvalue weighted by molar-refractivity contribution is -0.149. The van der Waals surface area contributed by atoms with Crippen molar-refractivity contribution in [1.82, 2.24) is 15.2 Å². The summed E-state index contributed by atoms with van der Waals surface area (Å²) < 4.78 is 36.8. The average molecular weight is 337 g/mol. The van der Waals surface area contributed by atoms with Gasteiger partial charge >= 0.3 is 11.0 Å². The first-order chi connectivity index (χ1) is 10.3. The number of alkyl halides is 3. The van der Waals surface area contributed by atoms with Crippen molar-refractivity contribution in [3.63, 3.8) is 0 Å². The highest BCUT2D eigenvalue weighted by atomic mass is 32.1. The van der Waals surface area contributed by atoms with Gasteiger partial charge in [0.05, 0.1) is 6.54 Å². The van der Waals surface area contributed by atoms with Gasteiger partial charge in [0.25, 0.3) is 0 Å². The van der Waals surface area contributed by atoms with Crippen LogP contribution in [0.2, 0.25) is 0 Å². The summed E-state index contributed by atoms with van der Waals surface area (Å²) in [6, 6.07) is 0. The second-order valence-corrected chi connectivity index (χ2v) is 6.22. The van der Waals surface area contributed by atoms with Crippen LogP contribution in [-0.2, 0) is 11.2 Å². The molecule has 0 atom stereocenters. The predicted octanol–water partition coefficient (Wildman–Crippen LogP) is 1.37. The van der Waals surface area contributed by atoms with Gasteiger partial charge in [0.15, 0.2) is 0 Å². The molecule has 1 amide bonds. The van der Waals surface area contributed by atoms with E-state index < -0.39 is 12.7 Å². The molecule has 2 rings (SSSR count). The van der Waals surface area contributed by atoms with Gasteiger partial charge in [-0.25, -0.2) is 0 Å². The van der Waals surface area contributed by atoms with Crippen LogP contribution in [0, 0.1) is 5.92 Å². The molecular weight excluding hydrogens is 319 g/mol. The number of likely N-dealkylation sites (tertiary alicyclic amines) is 1. The first kappa shape index (κ1) is 17.0. The summed E-state index contributed by atoms with van der Waals surface area (Å²) in [4.78, 5) is 26.8. The highest BCUT2D eigenvalue weighted by molar-refractivity contribution is 7.07. The van der Waals surface area contributed by atoms with Gasteiger partial charge in [-0.1, -0.05) is 11.3 Å². The minimum absolute atomic E-state index is 0.121. The largest absolute Gasteiger partial charge is 0.401 e. The van der Waals surface area contributed by atoms with Crippen molar-refractivity contribution in [2.24, 2.45) is 5.92 Å². The van der Waals surface area contributed by atoms with E-state index in [0.717, 1.165) is 17.0 Å². The van der Waals surface area contributed by atoms with E-state index in [2.05, 4.69) is 10.3 Å². The molecule has 5 nitrogen and oxygen atoms in total. The molecule has 0 radical (unpaired) electrons. The summed E-state index contributed by atoms with van der Waals surface area (Å²) in [7, 11) is 0. The minimum atomic E-state index is -4.19. The normalized spacial score (nSPS) is 17.6. The average Bonchev–Trinajstić information content (AvgIpc) is 2.83. The number of thiazole rings is 1. The second-order valence-electron chi connectivity index (χ2n) is 5.38. The highest BCUT2D eigenvalue weighted by Gasteiger charge is 2.33. The van der Waals surface area contributed by atoms with E-state index >= 15 is 0 Å². The Morgan fingerprint density at radius 3 is 2.64 bits per heavy atom. The van der Waals surface area contributed by atoms with E-state index in [4.69, 9.17) is 0 Å². The van der Waals surface area contributed by atoms with Crippen molar-refractivity contribution in [2.45, 2.75) is 25.4 Å². The van der Waals surface area contributed by atoms with E-state index in [1.54, 1.807) is 5.38 Å². The number of H-pyrrole nitrogens is 1. The van der Waals surface area contributed by atoms with E-state index in [1.807, 2.05) is 0 Å². The first-order valence-electron chi connectivity index (χ1n) is 7.07. The van der Waals surface area contributed by atoms with Crippen LogP contribution >= 0.6 is 11.3 Å². The Balaban J connectivity index is 1.68. The van der Waals surface area contributed by atoms with Crippen molar-refractivity contribution in [3.05, 3.63) is 20.7 Å². The lowest BCUT2D eigenvalue weighted by Gasteiger charge is -2.31. The van der Waals surface area contributed by atoms with Crippen LogP contribution < -0.4 is 10.2 Å². The molecule has 22 heavy (non-hydrogen) atoms. The molecule has 1 saturated heterocycles. The summed E-state index contributed by atoms with van der Waals surface area (Å²) in [5.41, 5.74) is 0.773. The SMILES string of the molecule is O=C(NCCc1csc(=O)[nH]1)C1CCN(CC(F)(F)F)CC1. The number of aromatic amines is 1. The zero-order chi connectivity index (χ0) is 16.2. The van der Waals surface area contributed by atoms with Crippen LogP contribution in [0.1, 0.15) is 18.5 Å². The van der Waals surface area contributed by atoms with Crippen molar-refractivity contribution >= 4 is 17.2 Å². The van der Waals surface area contributed by atoms with Crippen LogP contribution in [0.15, 0.2) is 10.2 Å². The third-order valence-electron chi connectivity index (χ3n) is 3.63. The van der Waals surface area contributed by atoms with E-state index in [1.165, 1.54) is 4.90 Å². The van der Waals surface area contributed by atoms with Gasteiger partial charge in [0, 0.05) is 30.0 Å². The van der Waals surface area contributed by atoms with Gasteiger partial charge in [-0.3, -0.25) is 14.5 Å². The molecule has 2 N–H and O–H groups in total. The third kappa shape index (κ3) is 5.45. The molecule has 0 saturated carbocycles. The fourth-order valence-corrected chi connectivity index (χ4v) is 3.12. The summed E-state index contributed by atoms with van der Waals surface area (Å²) in [5.74, 6) is -0.352. The van der Waals surface area contributed by atoms with Crippen molar-refractivity contribution < 1.29 is 18.0 Å². The number of amides is 1. The second kappa shape index (κ2) is 7.28. The Labute approximate surface area is 129 Å². The number of carbonyl (C=O) groups is 1. The molecule has 0 bridgehead atoms. The van der Waals surface area contributed by atoms with Crippen molar-refractivity contribution in [1.29, 1.82) is 0 Å². The topological polar surface area (TPSA) is 65.2 Å². The lowest BCUT2D eigenvalue weighted by Crippen LogP contribution is -2.44. The van der Waals surface area contributed by atoms with Crippen molar-refractivity contribution in [2.75, 3.05) is 26.2 Å². The standard InChI is InChI=1S/C13H18F3N3O2S/c14-13(15,16)8-19-5-2-9(3-6-19)11(20)17-4-1-10-7-22-12(21)18-10/h7,9H,1-6,8H2,(H,17,20)(H,18,21). The molecule has 1 aliphatic rings. The number of nitrogens with zero attached hydrogens (tertiary/aromatic N) is 1. The molecule has 1 aliphatic heterocycles. The maximum atomic E-state index is 12.3. The number of carbonyl (C=O) groups excluding carboxylic acids is 1. The number of nitrogens with one attached hydrogen (secondary N) is 2. The number of hydrogen-bond donors (Lipinski definition) is 2. The maximum absolute atomic E-state index is 12.3. The molecule has 0 unspecified atom stereocenters. The summed E-state index contributed by atoms with van der Waals surface area (Å²) in [5, 5.41) is 4.49. The van der Waals surface area contributed by atoms with Crippen LogP contribution in [0.25, 0.3) is 0 Å². The Bertz CT molecular complexity index is 547. The molecule has 0 spiro atoms. The van der Waals surface area contributed by atoms with Crippen LogP contribution in [0.3, 0.4) is 0 Å². The lowest BCUT2D eigenvalue weighted by atomic mass is 9.96. The molecule has 1 aromatic rings. The Kier molecular flexibility index (Phi) is 5.63. The fraction of sp³-hybridized carbons (Fsp3) is 0.692. The highest BCUT2D eigenvalue weighted by Crippen LogP contribution is 2.22. The van der Waals surface area contributed by atoms with Crippen molar-refractivity contribution in [3.8, 4) is 0 Å². The summed E-state index contributed by atoms with van der Waals surface area (Å²) in [6.07, 6.45) is -2.77. The molecule has 2 heterocycles. The summed E-state index contributed by atoms with van der Waals surface area (Å²) >= 11 is 1.07. The number of halogens is 3. The summed E-state index contributed by atoms with van der Waals surface area (Å²) in [6.45, 7) is 0.0754. The quantitative estimate of drug-likeness (QED) is 0.853. The Morgan fingerprint density at radius 1 is 1.41 bits per heavy atom.